The van der Waals surface area contributed by atoms with Crippen molar-refractivity contribution in [3.05, 3.63) is 33.9 Å². The Balaban J connectivity index is 1.68. The maximum Gasteiger partial charge on any atom is 0.325 e. The number of nitrogens with zero attached hydrogens (tertiary/aromatic N) is 2. The van der Waals surface area contributed by atoms with Crippen LogP contribution in [0, 0.1) is 23.0 Å². The molecule has 9 heteroatoms. The van der Waals surface area contributed by atoms with E-state index in [9.17, 15) is 24.5 Å². The van der Waals surface area contributed by atoms with Crippen LogP contribution in [0.3, 0.4) is 0 Å². The van der Waals surface area contributed by atoms with Crippen LogP contribution >= 0.6 is 0 Å². The largest absolute Gasteiger partial charge is 0.325 e. The number of nitro groups is 1. The van der Waals surface area contributed by atoms with Gasteiger partial charge >= 0.3 is 6.03 Å². The molecule has 150 valence electrons. The molecule has 1 heterocycles. The third kappa shape index (κ3) is 3.69. The van der Waals surface area contributed by atoms with Crippen LogP contribution in [0.25, 0.3) is 0 Å². The number of imide groups is 1. The quantitative estimate of drug-likeness (QED) is 0.456. The molecule has 2 N–H and O–H groups in total. The average Bonchev–Trinajstić information content (AvgIpc) is 2.88. The molecule has 2 aliphatic rings. The van der Waals surface area contributed by atoms with Crippen molar-refractivity contribution in [3.63, 3.8) is 0 Å². The van der Waals surface area contributed by atoms with Gasteiger partial charge in [0.05, 0.1) is 10.6 Å². The van der Waals surface area contributed by atoms with Gasteiger partial charge in [0.25, 0.3) is 11.6 Å². The van der Waals surface area contributed by atoms with Crippen LogP contribution in [0.2, 0.25) is 0 Å². The Morgan fingerprint density at radius 1 is 1.36 bits per heavy atom. The summed E-state index contributed by atoms with van der Waals surface area (Å²) in [6.45, 7) is 3.39. The Morgan fingerprint density at radius 3 is 2.64 bits per heavy atom. The predicted octanol–water partition coefficient (Wildman–Crippen LogP) is 2.73. The van der Waals surface area contributed by atoms with Crippen LogP contribution in [-0.2, 0) is 9.59 Å². The number of hydrogen-bond acceptors (Lipinski definition) is 5. The number of non-ortho nitro benzene ring substituents is 1. The number of aryl methyl sites for hydroxylation is 1. The lowest BCUT2D eigenvalue weighted by molar-refractivity contribution is -0.384. The minimum absolute atomic E-state index is 0.150. The van der Waals surface area contributed by atoms with Gasteiger partial charge in [-0.05, 0) is 44.1 Å². The number of rotatable bonds is 5. The van der Waals surface area contributed by atoms with Crippen molar-refractivity contribution >= 4 is 29.2 Å². The molecule has 1 aliphatic carbocycles. The van der Waals surface area contributed by atoms with Crippen molar-refractivity contribution in [2.24, 2.45) is 5.92 Å². The summed E-state index contributed by atoms with van der Waals surface area (Å²) in [7, 11) is 0. The summed E-state index contributed by atoms with van der Waals surface area (Å²) in [5.41, 5.74) is -0.123. The van der Waals surface area contributed by atoms with Crippen molar-refractivity contribution in [2.75, 3.05) is 11.9 Å². The van der Waals surface area contributed by atoms with Gasteiger partial charge < -0.3 is 10.6 Å². The number of benzene rings is 1. The molecule has 1 saturated carbocycles. The van der Waals surface area contributed by atoms with E-state index in [-0.39, 0.29) is 17.3 Å². The van der Waals surface area contributed by atoms with E-state index in [1.807, 2.05) is 0 Å². The summed E-state index contributed by atoms with van der Waals surface area (Å²) in [6, 6.07) is 3.57. The molecule has 1 aliphatic heterocycles. The molecule has 2 fully saturated rings. The highest BCUT2D eigenvalue weighted by atomic mass is 16.6. The molecule has 3 rings (SSSR count). The van der Waals surface area contributed by atoms with Gasteiger partial charge in [-0.1, -0.05) is 19.4 Å². The van der Waals surface area contributed by atoms with Crippen LogP contribution in [0.5, 0.6) is 0 Å². The van der Waals surface area contributed by atoms with Gasteiger partial charge in [-0.25, -0.2) is 4.79 Å². The highest BCUT2D eigenvalue weighted by Gasteiger charge is 2.52. The standard InChI is InChI=1S/C19H24N4O5/c1-3-13-6-8-19(9-7-13)17(25)22(18(26)21-19)11-16(24)20-15-10-14(23(27)28)5-4-12(15)2/h4-5,10,13H,3,6-9,11H2,1-2H3,(H,20,24)(H,21,26). The third-order valence-electron chi connectivity index (χ3n) is 5.79. The van der Waals surface area contributed by atoms with Gasteiger partial charge in [0.2, 0.25) is 5.91 Å². The number of amides is 4. The molecular formula is C19H24N4O5. The van der Waals surface area contributed by atoms with E-state index in [1.165, 1.54) is 18.2 Å². The Labute approximate surface area is 162 Å². The molecule has 1 aromatic rings. The number of hydrogen-bond donors (Lipinski definition) is 2. The van der Waals surface area contributed by atoms with E-state index in [2.05, 4.69) is 17.6 Å². The molecule has 9 nitrogen and oxygen atoms in total. The predicted molar refractivity (Wildman–Crippen MR) is 102 cm³/mol. The van der Waals surface area contributed by atoms with Gasteiger partial charge in [0.15, 0.2) is 0 Å². The van der Waals surface area contributed by atoms with Gasteiger partial charge in [-0.2, -0.15) is 0 Å². The average molecular weight is 388 g/mol. The van der Waals surface area contributed by atoms with Crippen molar-refractivity contribution in [1.82, 2.24) is 10.2 Å². The minimum atomic E-state index is -0.898. The third-order valence-corrected chi connectivity index (χ3v) is 5.79. The van der Waals surface area contributed by atoms with E-state index >= 15 is 0 Å². The van der Waals surface area contributed by atoms with Crippen LogP contribution in [0.15, 0.2) is 18.2 Å². The lowest BCUT2D eigenvalue weighted by Gasteiger charge is -2.34. The SMILES string of the molecule is CCC1CCC2(CC1)NC(=O)N(CC(=O)Nc1cc([N+](=O)[O-])ccc1C)C2=O. The van der Waals surface area contributed by atoms with Crippen LogP contribution in [-0.4, -0.2) is 39.8 Å². The highest BCUT2D eigenvalue weighted by Crippen LogP contribution is 2.37. The first kappa shape index (κ1) is 19.8. The Bertz CT molecular complexity index is 830. The normalized spacial score (nSPS) is 24.4. The fourth-order valence-electron chi connectivity index (χ4n) is 3.93. The molecule has 28 heavy (non-hydrogen) atoms. The number of carbonyl (C=O) groups excluding carboxylic acids is 3. The summed E-state index contributed by atoms with van der Waals surface area (Å²) in [5, 5.41) is 16.3. The summed E-state index contributed by atoms with van der Waals surface area (Å²) in [4.78, 5) is 48.9. The first-order valence-corrected chi connectivity index (χ1v) is 9.45. The fourth-order valence-corrected chi connectivity index (χ4v) is 3.93. The topological polar surface area (TPSA) is 122 Å². The molecule has 0 unspecified atom stereocenters. The molecular weight excluding hydrogens is 364 g/mol. The first-order valence-electron chi connectivity index (χ1n) is 9.45. The van der Waals surface area contributed by atoms with Crippen LogP contribution in [0.4, 0.5) is 16.2 Å². The highest BCUT2D eigenvalue weighted by molar-refractivity contribution is 6.10. The maximum atomic E-state index is 12.9. The zero-order valence-electron chi connectivity index (χ0n) is 16.0. The molecule has 0 radical (unpaired) electrons. The molecule has 1 aromatic carbocycles. The zero-order chi connectivity index (χ0) is 20.5. The second-order valence-electron chi connectivity index (χ2n) is 7.56. The van der Waals surface area contributed by atoms with Crippen molar-refractivity contribution in [2.45, 2.75) is 51.5 Å². The van der Waals surface area contributed by atoms with Crippen molar-refractivity contribution in [3.8, 4) is 0 Å². The van der Waals surface area contributed by atoms with Gasteiger partial charge in [0.1, 0.15) is 12.1 Å². The molecule has 1 saturated heterocycles. The molecule has 1 spiro atoms. The molecule has 4 amide bonds. The number of urea groups is 1. The van der Waals surface area contributed by atoms with Gasteiger partial charge in [0, 0.05) is 12.1 Å². The van der Waals surface area contributed by atoms with Crippen molar-refractivity contribution < 1.29 is 19.3 Å². The smallest absolute Gasteiger partial charge is 0.324 e. The van der Waals surface area contributed by atoms with E-state index in [0.29, 0.717) is 24.3 Å². The summed E-state index contributed by atoms with van der Waals surface area (Å²) in [5.74, 6) is -0.381. The number of nitrogens with one attached hydrogen (secondary N) is 2. The van der Waals surface area contributed by atoms with Gasteiger partial charge in [-0.3, -0.25) is 24.6 Å². The number of carbonyl (C=O) groups is 3. The second kappa shape index (κ2) is 7.57. The van der Waals surface area contributed by atoms with Gasteiger partial charge in [-0.15, -0.1) is 0 Å². The lowest BCUT2D eigenvalue weighted by Crippen LogP contribution is -2.49. The second-order valence-corrected chi connectivity index (χ2v) is 7.56. The number of anilines is 1. The van der Waals surface area contributed by atoms with E-state index in [4.69, 9.17) is 0 Å². The molecule has 0 bridgehead atoms. The van der Waals surface area contributed by atoms with Crippen LogP contribution in [0.1, 0.15) is 44.6 Å². The fraction of sp³-hybridized carbons (Fsp3) is 0.526. The zero-order valence-corrected chi connectivity index (χ0v) is 16.0. The van der Waals surface area contributed by atoms with E-state index in [1.54, 1.807) is 6.92 Å². The lowest BCUT2D eigenvalue weighted by atomic mass is 9.75. The summed E-state index contributed by atoms with van der Waals surface area (Å²) < 4.78 is 0. The Morgan fingerprint density at radius 2 is 2.04 bits per heavy atom. The molecule has 0 atom stereocenters. The maximum absolute atomic E-state index is 12.9. The minimum Gasteiger partial charge on any atom is -0.324 e. The number of nitro benzene ring substituents is 1. The summed E-state index contributed by atoms with van der Waals surface area (Å²) >= 11 is 0. The Hall–Kier alpha value is -2.97. The monoisotopic (exact) mass is 388 g/mol. The van der Waals surface area contributed by atoms with Crippen LogP contribution < -0.4 is 10.6 Å². The summed E-state index contributed by atoms with van der Waals surface area (Å²) in [6.07, 6.45) is 3.95. The molecule has 0 aromatic heterocycles. The van der Waals surface area contributed by atoms with Crippen molar-refractivity contribution in [1.29, 1.82) is 0 Å². The van der Waals surface area contributed by atoms with E-state index < -0.39 is 28.9 Å². The first-order chi connectivity index (χ1) is 13.3. The Kier molecular flexibility index (Phi) is 5.35. The van der Waals surface area contributed by atoms with E-state index in [0.717, 1.165) is 24.2 Å².